The molecule has 2 aromatic heterocycles. The molecule has 0 aromatic carbocycles. The zero-order valence-corrected chi connectivity index (χ0v) is 14.2. The van der Waals surface area contributed by atoms with Gasteiger partial charge in [-0.25, -0.2) is 0 Å². The third-order valence-corrected chi connectivity index (χ3v) is 5.18. The van der Waals surface area contributed by atoms with Gasteiger partial charge in [-0.15, -0.1) is 11.3 Å². The number of piperidine rings is 1. The highest BCUT2D eigenvalue weighted by molar-refractivity contribution is 7.13. The number of carbonyl (C=O) groups excluding carboxylic acids is 1. The Morgan fingerprint density at radius 2 is 2.29 bits per heavy atom. The molecule has 0 saturated carbocycles. The maximum absolute atomic E-state index is 12.4. The lowest BCUT2D eigenvalue weighted by Gasteiger charge is -2.36. The van der Waals surface area contributed by atoms with Gasteiger partial charge in [-0.2, -0.15) is 4.98 Å². The summed E-state index contributed by atoms with van der Waals surface area (Å²) in [5, 5.41) is 15.0. The van der Waals surface area contributed by atoms with Gasteiger partial charge in [0.1, 0.15) is 0 Å². The molecular formula is C16H19N3O4S. The summed E-state index contributed by atoms with van der Waals surface area (Å²) in [5.74, 6) is -0.420. The number of hydrogen-bond donors (Lipinski definition) is 1. The van der Waals surface area contributed by atoms with E-state index in [1.54, 1.807) is 4.90 Å². The summed E-state index contributed by atoms with van der Waals surface area (Å²) in [6, 6.07) is 3.89. The molecule has 8 heteroatoms. The molecule has 0 radical (unpaired) electrons. The number of hydrogen-bond acceptors (Lipinski definition) is 6. The van der Waals surface area contributed by atoms with Crippen LogP contribution in [-0.2, 0) is 16.0 Å². The fraction of sp³-hybridized carbons (Fsp3) is 0.500. The maximum Gasteiger partial charge on any atom is 0.308 e. The Bertz CT molecular complexity index is 713. The van der Waals surface area contributed by atoms with Crippen molar-refractivity contribution < 1.29 is 19.2 Å². The molecule has 1 aliphatic heterocycles. The fourth-order valence-corrected chi connectivity index (χ4v) is 3.53. The SMILES string of the molecule is CC1CCC(C(=O)O)CN1C(=O)CCc1nc(-c2cccs2)no1. The quantitative estimate of drug-likeness (QED) is 0.890. The summed E-state index contributed by atoms with van der Waals surface area (Å²) < 4.78 is 5.19. The Kier molecular flexibility index (Phi) is 4.94. The van der Waals surface area contributed by atoms with Crippen LogP contribution >= 0.6 is 11.3 Å². The van der Waals surface area contributed by atoms with E-state index < -0.39 is 11.9 Å². The molecule has 0 bridgehead atoms. The van der Waals surface area contributed by atoms with Crippen LogP contribution in [-0.4, -0.2) is 44.6 Å². The summed E-state index contributed by atoms with van der Waals surface area (Å²) in [7, 11) is 0. The summed E-state index contributed by atoms with van der Waals surface area (Å²) >= 11 is 1.52. The Morgan fingerprint density at radius 3 is 3.00 bits per heavy atom. The highest BCUT2D eigenvalue weighted by Gasteiger charge is 2.32. The second kappa shape index (κ2) is 7.12. The van der Waals surface area contributed by atoms with Crippen molar-refractivity contribution in [3.05, 3.63) is 23.4 Å². The maximum atomic E-state index is 12.4. The zero-order valence-electron chi connectivity index (χ0n) is 13.3. The molecule has 24 heavy (non-hydrogen) atoms. The molecule has 3 rings (SSSR count). The number of aliphatic carboxylic acids is 1. The number of carboxylic acid groups (broad SMARTS) is 1. The van der Waals surface area contributed by atoms with Crippen molar-refractivity contribution in [3.8, 4) is 10.7 Å². The lowest BCUT2D eigenvalue weighted by Crippen LogP contribution is -2.47. The van der Waals surface area contributed by atoms with Crippen LogP contribution in [0.4, 0.5) is 0 Å². The number of nitrogens with zero attached hydrogens (tertiary/aromatic N) is 3. The number of rotatable bonds is 5. The first-order valence-electron chi connectivity index (χ1n) is 7.93. The molecule has 1 saturated heterocycles. The highest BCUT2D eigenvalue weighted by Crippen LogP contribution is 2.24. The van der Waals surface area contributed by atoms with E-state index in [1.807, 2.05) is 24.4 Å². The van der Waals surface area contributed by atoms with Crippen LogP contribution in [0.1, 0.15) is 32.1 Å². The minimum Gasteiger partial charge on any atom is -0.481 e. The number of thiophene rings is 1. The molecule has 2 unspecified atom stereocenters. The van der Waals surface area contributed by atoms with Gasteiger partial charge in [0, 0.05) is 25.4 Å². The van der Waals surface area contributed by atoms with Crippen molar-refractivity contribution in [2.24, 2.45) is 5.92 Å². The second-order valence-electron chi connectivity index (χ2n) is 6.00. The highest BCUT2D eigenvalue weighted by atomic mass is 32.1. The monoisotopic (exact) mass is 349 g/mol. The van der Waals surface area contributed by atoms with Crippen LogP contribution in [0.15, 0.2) is 22.0 Å². The molecule has 1 N–H and O–H groups in total. The largest absolute Gasteiger partial charge is 0.481 e. The van der Waals surface area contributed by atoms with E-state index in [2.05, 4.69) is 10.1 Å². The Balaban J connectivity index is 1.58. The van der Waals surface area contributed by atoms with Crippen LogP contribution in [0.2, 0.25) is 0 Å². The Labute approximate surface area is 143 Å². The van der Waals surface area contributed by atoms with E-state index in [0.29, 0.717) is 31.0 Å². The van der Waals surface area contributed by atoms with Crippen LogP contribution in [0, 0.1) is 5.92 Å². The summed E-state index contributed by atoms with van der Waals surface area (Å²) in [5.41, 5.74) is 0. The molecule has 3 heterocycles. The van der Waals surface area contributed by atoms with Gasteiger partial charge in [0.05, 0.1) is 10.8 Å². The molecule has 7 nitrogen and oxygen atoms in total. The minimum absolute atomic E-state index is 0.0654. The molecular weight excluding hydrogens is 330 g/mol. The predicted octanol–water partition coefficient (Wildman–Crippen LogP) is 2.44. The summed E-state index contributed by atoms with van der Waals surface area (Å²) in [6.45, 7) is 2.23. The van der Waals surface area contributed by atoms with Crippen molar-refractivity contribution in [2.75, 3.05) is 6.54 Å². The molecule has 1 amide bonds. The molecule has 1 fully saturated rings. The van der Waals surface area contributed by atoms with E-state index >= 15 is 0 Å². The molecule has 1 aliphatic rings. The van der Waals surface area contributed by atoms with Gasteiger partial charge in [-0.05, 0) is 31.2 Å². The van der Waals surface area contributed by atoms with E-state index in [9.17, 15) is 9.59 Å². The van der Waals surface area contributed by atoms with Crippen LogP contribution in [0.3, 0.4) is 0 Å². The summed E-state index contributed by atoms with van der Waals surface area (Å²) in [4.78, 5) is 30.5. The fourth-order valence-electron chi connectivity index (χ4n) is 2.88. The normalized spacial score (nSPS) is 21.0. The van der Waals surface area contributed by atoms with Crippen molar-refractivity contribution in [1.82, 2.24) is 15.0 Å². The van der Waals surface area contributed by atoms with E-state index in [0.717, 1.165) is 4.88 Å². The predicted molar refractivity (Wildman–Crippen MR) is 87.5 cm³/mol. The van der Waals surface area contributed by atoms with Gasteiger partial charge in [0.2, 0.25) is 17.6 Å². The van der Waals surface area contributed by atoms with Crippen LogP contribution < -0.4 is 0 Å². The first-order valence-corrected chi connectivity index (χ1v) is 8.81. The number of aromatic nitrogens is 2. The standard InChI is InChI=1S/C16H19N3O4S/c1-10-4-5-11(16(21)22)9-19(10)14(20)7-6-13-17-15(18-23-13)12-3-2-8-24-12/h2-3,8,10-11H,4-7,9H2,1H3,(H,21,22). The smallest absolute Gasteiger partial charge is 0.308 e. The van der Waals surface area contributed by atoms with Gasteiger partial charge in [0.15, 0.2) is 0 Å². The van der Waals surface area contributed by atoms with E-state index in [-0.39, 0.29) is 24.9 Å². The third-order valence-electron chi connectivity index (χ3n) is 4.31. The Hall–Kier alpha value is -2.22. The molecule has 128 valence electrons. The molecule has 0 aliphatic carbocycles. The van der Waals surface area contributed by atoms with Crippen molar-refractivity contribution in [1.29, 1.82) is 0 Å². The third kappa shape index (κ3) is 3.64. The lowest BCUT2D eigenvalue weighted by molar-refractivity contribution is -0.147. The van der Waals surface area contributed by atoms with Gasteiger partial charge in [-0.1, -0.05) is 11.2 Å². The zero-order chi connectivity index (χ0) is 17.1. The van der Waals surface area contributed by atoms with Gasteiger partial charge >= 0.3 is 5.97 Å². The number of carboxylic acids is 1. The summed E-state index contributed by atoms with van der Waals surface area (Å²) in [6.07, 6.45) is 1.93. The lowest BCUT2D eigenvalue weighted by atomic mass is 9.93. The van der Waals surface area contributed by atoms with Crippen molar-refractivity contribution >= 4 is 23.2 Å². The first-order chi connectivity index (χ1) is 11.5. The average molecular weight is 349 g/mol. The first kappa shape index (κ1) is 16.6. The number of carbonyl (C=O) groups is 2. The second-order valence-corrected chi connectivity index (χ2v) is 6.94. The Morgan fingerprint density at radius 1 is 1.46 bits per heavy atom. The number of aryl methyl sites for hydroxylation is 1. The van der Waals surface area contributed by atoms with Crippen molar-refractivity contribution in [3.63, 3.8) is 0 Å². The van der Waals surface area contributed by atoms with E-state index in [1.165, 1.54) is 11.3 Å². The number of amides is 1. The topological polar surface area (TPSA) is 96.5 Å². The van der Waals surface area contributed by atoms with Crippen LogP contribution in [0.25, 0.3) is 10.7 Å². The average Bonchev–Trinajstić information content (AvgIpc) is 3.24. The number of likely N-dealkylation sites (tertiary alicyclic amines) is 1. The van der Waals surface area contributed by atoms with Crippen LogP contribution in [0.5, 0.6) is 0 Å². The molecule has 2 atom stereocenters. The van der Waals surface area contributed by atoms with Gasteiger partial charge < -0.3 is 14.5 Å². The molecule has 2 aromatic rings. The van der Waals surface area contributed by atoms with Gasteiger partial charge in [-0.3, -0.25) is 9.59 Å². The van der Waals surface area contributed by atoms with Crippen molar-refractivity contribution in [2.45, 2.75) is 38.6 Å². The minimum atomic E-state index is -0.836. The van der Waals surface area contributed by atoms with Gasteiger partial charge in [0.25, 0.3) is 0 Å². The molecule has 0 spiro atoms. The van der Waals surface area contributed by atoms with E-state index in [4.69, 9.17) is 9.63 Å².